The van der Waals surface area contributed by atoms with Crippen LogP contribution >= 0.6 is 0 Å². The summed E-state index contributed by atoms with van der Waals surface area (Å²) in [6.45, 7) is 0. The predicted molar refractivity (Wildman–Crippen MR) is 87.2 cm³/mol. The van der Waals surface area contributed by atoms with Gasteiger partial charge in [-0.3, -0.25) is 9.35 Å². The smallest absolute Gasteiger partial charge is 0.438 e. The monoisotopic (exact) mass is 452 g/mol. The highest BCUT2D eigenvalue weighted by Gasteiger charge is 2.76. The van der Waals surface area contributed by atoms with E-state index in [1.54, 1.807) is 0 Å². The molecule has 3 fully saturated rings. The molecule has 29 heavy (non-hydrogen) atoms. The van der Waals surface area contributed by atoms with Crippen molar-refractivity contribution in [3.63, 3.8) is 0 Å². The van der Waals surface area contributed by atoms with Crippen molar-refractivity contribution in [2.45, 2.75) is 69.3 Å². The first-order valence-corrected chi connectivity index (χ1v) is 11.0. The van der Waals surface area contributed by atoms with Crippen molar-refractivity contribution < 1.29 is 48.8 Å². The second-order valence-corrected chi connectivity index (χ2v) is 10.3. The number of carbonyl (C=O) groups excluding carboxylic acids is 1. The molecule has 3 aliphatic rings. The van der Waals surface area contributed by atoms with E-state index in [-0.39, 0.29) is 5.92 Å². The Kier molecular flexibility index (Phi) is 5.46. The molecule has 4 atom stereocenters. The zero-order valence-electron chi connectivity index (χ0n) is 15.4. The van der Waals surface area contributed by atoms with Crippen LogP contribution in [0.4, 0.5) is 26.3 Å². The molecule has 0 aromatic heterocycles. The largest absolute Gasteiger partial charge is 0.438 e. The van der Waals surface area contributed by atoms with Crippen molar-refractivity contribution in [2.24, 2.45) is 23.2 Å². The average molecular weight is 452 g/mol. The summed E-state index contributed by atoms with van der Waals surface area (Å²) in [4.78, 5) is 12.3. The average Bonchev–Trinajstić information content (AvgIpc) is 2.48. The van der Waals surface area contributed by atoms with Crippen LogP contribution in [0.15, 0.2) is 0 Å². The number of alkyl halides is 6. The van der Waals surface area contributed by atoms with Gasteiger partial charge in [0.25, 0.3) is 10.1 Å². The molecule has 0 saturated heterocycles. The molecule has 5 nitrogen and oxygen atoms in total. The van der Waals surface area contributed by atoms with Gasteiger partial charge in [0.15, 0.2) is 0 Å². The first kappa shape index (κ1) is 22.6. The van der Waals surface area contributed by atoms with Crippen LogP contribution < -0.4 is 0 Å². The number of hydrogen-bond acceptors (Lipinski definition) is 4. The van der Waals surface area contributed by atoms with Gasteiger partial charge in [-0.1, -0.05) is 6.42 Å². The molecular formula is C17H22F6O5S. The summed E-state index contributed by atoms with van der Waals surface area (Å²) < 4.78 is 115. The van der Waals surface area contributed by atoms with Crippen molar-refractivity contribution in [1.29, 1.82) is 0 Å². The summed E-state index contributed by atoms with van der Waals surface area (Å²) in [5, 5.41) is 0. The molecule has 0 spiro atoms. The van der Waals surface area contributed by atoms with E-state index in [2.05, 4.69) is 4.74 Å². The van der Waals surface area contributed by atoms with Gasteiger partial charge in [0.1, 0.15) is 5.75 Å². The maximum Gasteiger partial charge on any atom is 0.438 e. The molecule has 12 heteroatoms. The van der Waals surface area contributed by atoms with Gasteiger partial charge in [-0.15, -0.1) is 0 Å². The zero-order valence-corrected chi connectivity index (χ0v) is 16.2. The molecule has 0 aromatic carbocycles. The minimum absolute atomic E-state index is 0.283. The summed E-state index contributed by atoms with van der Waals surface area (Å²) in [5.41, 5.74) is -6.04. The number of carbonyl (C=O) groups is 1. The lowest BCUT2D eigenvalue weighted by molar-refractivity contribution is -0.361. The Morgan fingerprint density at radius 2 is 1.62 bits per heavy atom. The third-order valence-corrected chi connectivity index (χ3v) is 7.59. The van der Waals surface area contributed by atoms with Crippen LogP contribution in [-0.4, -0.2) is 42.6 Å². The number of rotatable bonds is 5. The fourth-order valence-corrected chi connectivity index (χ4v) is 6.58. The normalized spacial score (nSPS) is 32.9. The molecule has 0 aromatic rings. The van der Waals surface area contributed by atoms with E-state index < -0.39 is 51.6 Å². The van der Waals surface area contributed by atoms with Gasteiger partial charge >= 0.3 is 23.9 Å². The minimum Gasteiger partial charge on any atom is -0.438 e. The van der Waals surface area contributed by atoms with Gasteiger partial charge in [0.05, 0.1) is 6.42 Å². The fraction of sp³-hybridized carbons (Fsp3) is 0.941. The molecular weight excluding hydrogens is 430 g/mol. The van der Waals surface area contributed by atoms with Crippen LogP contribution in [0.5, 0.6) is 0 Å². The summed E-state index contributed by atoms with van der Waals surface area (Å²) in [5.74, 6) is -3.52. The zero-order chi connectivity index (χ0) is 21.9. The number of esters is 1. The lowest BCUT2D eigenvalue weighted by Crippen LogP contribution is -2.63. The number of hydrogen-bond donors (Lipinski definition) is 1. The Hall–Kier alpha value is -1.04. The minimum atomic E-state index is -6.28. The van der Waals surface area contributed by atoms with E-state index in [0.717, 1.165) is 25.7 Å². The SMILES string of the molecule is O=C(CC12CCC3CCC(CC3C1)C2)OC(CS(=O)(=O)O)(C(F)(F)F)C(F)(F)F. The number of halogens is 6. The van der Waals surface area contributed by atoms with Crippen molar-refractivity contribution >= 4 is 16.1 Å². The fourth-order valence-electron chi connectivity index (χ4n) is 5.68. The van der Waals surface area contributed by atoms with Crippen LogP contribution in [0, 0.1) is 23.2 Å². The number of ether oxygens (including phenoxy) is 1. The molecule has 1 N–H and O–H groups in total. The van der Waals surface area contributed by atoms with E-state index in [4.69, 9.17) is 4.55 Å². The number of fused-ring (bicyclic) bond motifs is 2. The Labute approximate surface area is 163 Å². The van der Waals surface area contributed by atoms with Crippen molar-refractivity contribution in [2.75, 3.05) is 5.75 Å². The highest BCUT2D eigenvalue weighted by Crippen LogP contribution is 2.60. The molecule has 168 valence electrons. The molecule has 0 aliphatic heterocycles. The first-order valence-electron chi connectivity index (χ1n) is 9.36. The van der Waals surface area contributed by atoms with Gasteiger partial charge in [-0.05, 0) is 61.7 Å². The lowest BCUT2D eigenvalue weighted by Gasteiger charge is -2.54. The van der Waals surface area contributed by atoms with Crippen molar-refractivity contribution in [3.05, 3.63) is 0 Å². The molecule has 0 amide bonds. The first-order chi connectivity index (χ1) is 13.1. The molecule has 0 radical (unpaired) electrons. The van der Waals surface area contributed by atoms with Crippen LogP contribution in [0.25, 0.3) is 0 Å². The maximum absolute atomic E-state index is 13.3. The van der Waals surface area contributed by atoms with Crippen molar-refractivity contribution in [3.8, 4) is 0 Å². The second-order valence-electron chi connectivity index (χ2n) is 8.85. The highest BCUT2D eigenvalue weighted by molar-refractivity contribution is 7.85. The topological polar surface area (TPSA) is 80.7 Å². The summed E-state index contributed by atoms with van der Waals surface area (Å²) in [7, 11) is -5.77. The van der Waals surface area contributed by atoms with E-state index in [9.17, 15) is 39.6 Å². The second kappa shape index (κ2) is 7.00. The van der Waals surface area contributed by atoms with Crippen LogP contribution in [0.2, 0.25) is 0 Å². The van der Waals surface area contributed by atoms with Crippen molar-refractivity contribution in [1.82, 2.24) is 0 Å². The van der Waals surface area contributed by atoms with Gasteiger partial charge in [-0.25, -0.2) is 0 Å². The molecule has 3 aliphatic carbocycles. The Morgan fingerprint density at radius 1 is 1.00 bits per heavy atom. The summed E-state index contributed by atoms with van der Waals surface area (Å²) in [6, 6.07) is 0. The Bertz CT molecular complexity index is 743. The van der Waals surface area contributed by atoms with Gasteiger partial charge < -0.3 is 4.74 Å². The van der Waals surface area contributed by atoms with Gasteiger partial charge in [0.2, 0.25) is 0 Å². The molecule has 0 heterocycles. The molecule has 4 unspecified atom stereocenters. The highest BCUT2D eigenvalue weighted by atomic mass is 32.2. The summed E-state index contributed by atoms with van der Waals surface area (Å²) >= 11 is 0. The van der Waals surface area contributed by atoms with Crippen LogP contribution in [0.1, 0.15) is 51.4 Å². The van der Waals surface area contributed by atoms with Gasteiger partial charge in [0, 0.05) is 0 Å². The van der Waals surface area contributed by atoms with Crippen LogP contribution in [-0.2, 0) is 19.6 Å². The van der Waals surface area contributed by atoms with E-state index in [0.29, 0.717) is 31.1 Å². The summed E-state index contributed by atoms with van der Waals surface area (Å²) in [6.07, 6.45) is -7.90. The lowest BCUT2D eigenvalue weighted by atomic mass is 9.51. The van der Waals surface area contributed by atoms with E-state index in [1.807, 2.05) is 0 Å². The molecule has 3 bridgehead atoms. The predicted octanol–water partition coefficient (Wildman–Crippen LogP) is 4.28. The van der Waals surface area contributed by atoms with E-state index in [1.165, 1.54) is 0 Å². The molecule has 3 saturated carbocycles. The molecule has 3 rings (SSSR count). The third-order valence-electron chi connectivity index (χ3n) is 6.82. The quantitative estimate of drug-likeness (QED) is 0.383. The van der Waals surface area contributed by atoms with E-state index >= 15 is 0 Å². The van der Waals surface area contributed by atoms with Gasteiger partial charge in [-0.2, -0.15) is 34.8 Å². The Balaban J connectivity index is 1.85. The maximum atomic E-state index is 13.3. The third kappa shape index (κ3) is 4.38. The van der Waals surface area contributed by atoms with Crippen LogP contribution in [0.3, 0.4) is 0 Å². The Morgan fingerprint density at radius 3 is 2.17 bits per heavy atom. The standard InChI is InChI=1S/C17H22F6O5S/c18-16(19,20)15(17(21,22)23,9-29(25,26)27)28-13(24)8-14-4-3-11-2-1-10(6-14)5-12(11)7-14/h10-12H,1-9H2,(H,25,26,27).